The van der Waals surface area contributed by atoms with Gasteiger partial charge in [0.1, 0.15) is 6.10 Å². The van der Waals surface area contributed by atoms with Gasteiger partial charge in [-0.05, 0) is 20.3 Å². The normalized spacial score (nSPS) is 13.0. The summed E-state index contributed by atoms with van der Waals surface area (Å²) < 4.78 is 10.7. The molecule has 7 heteroatoms. The lowest BCUT2D eigenvalue weighted by molar-refractivity contribution is 0.0683. The molecule has 0 radical (unpaired) electrons. The Kier molecular flexibility index (Phi) is 12.5. The van der Waals surface area contributed by atoms with Gasteiger partial charge in [0.05, 0.1) is 6.54 Å². The first-order valence-corrected chi connectivity index (χ1v) is 10.1. The maximum absolute atomic E-state index is 5.46. The molecule has 1 aromatic rings. The largest absolute Gasteiger partial charge is 0.371 e. The molecule has 0 bridgehead atoms. The minimum Gasteiger partial charge on any atom is -0.371 e. The van der Waals surface area contributed by atoms with Gasteiger partial charge < -0.3 is 19.9 Å². The molecule has 0 saturated heterocycles. The Bertz CT molecular complexity index is 490. The van der Waals surface area contributed by atoms with Gasteiger partial charge >= 0.3 is 0 Å². The fourth-order valence-corrected chi connectivity index (χ4v) is 2.68. The summed E-state index contributed by atoms with van der Waals surface area (Å²) in [5.41, 5.74) is 0. The van der Waals surface area contributed by atoms with Gasteiger partial charge in [-0.25, -0.2) is 0 Å². The van der Waals surface area contributed by atoms with Crippen LogP contribution in [0, 0.1) is 0 Å². The van der Waals surface area contributed by atoms with E-state index in [1.165, 1.54) is 44.9 Å². The van der Waals surface area contributed by atoms with E-state index in [1.54, 1.807) is 7.05 Å². The van der Waals surface area contributed by atoms with Crippen LogP contribution in [0.3, 0.4) is 0 Å². The van der Waals surface area contributed by atoms with E-state index >= 15 is 0 Å². The van der Waals surface area contributed by atoms with Gasteiger partial charge in [-0.15, -0.1) is 0 Å². The van der Waals surface area contributed by atoms with E-state index in [9.17, 15) is 0 Å². The van der Waals surface area contributed by atoms with Crippen LogP contribution >= 0.6 is 0 Å². The Hall–Kier alpha value is -1.63. The second-order valence-corrected chi connectivity index (χ2v) is 6.47. The maximum Gasteiger partial charge on any atom is 0.246 e. The number of rotatable bonds is 14. The van der Waals surface area contributed by atoms with E-state index in [0.717, 1.165) is 18.9 Å². The number of hydrogen-bond donors (Lipinski definition) is 2. The minimum atomic E-state index is -0.156. The van der Waals surface area contributed by atoms with E-state index in [1.807, 2.05) is 13.8 Å². The van der Waals surface area contributed by atoms with Crippen LogP contribution in [0.4, 0.5) is 0 Å². The monoisotopic (exact) mass is 367 g/mol. The van der Waals surface area contributed by atoms with Crippen molar-refractivity contribution in [2.75, 3.05) is 20.2 Å². The van der Waals surface area contributed by atoms with Crippen LogP contribution < -0.4 is 10.6 Å². The van der Waals surface area contributed by atoms with Gasteiger partial charge in [-0.2, -0.15) is 4.98 Å². The molecule has 26 heavy (non-hydrogen) atoms. The van der Waals surface area contributed by atoms with Crippen molar-refractivity contribution in [3.63, 3.8) is 0 Å². The van der Waals surface area contributed by atoms with Gasteiger partial charge in [0, 0.05) is 20.2 Å². The Labute approximate surface area is 158 Å². The molecule has 0 aliphatic carbocycles. The van der Waals surface area contributed by atoms with Gasteiger partial charge in [0.15, 0.2) is 11.8 Å². The topological polar surface area (TPSA) is 84.6 Å². The minimum absolute atomic E-state index is 0.156. The van der Waals surface area contributed by atoms with Crippen LogP contribution in [0.1, 0.15) is 90.0 Å². The van der Waals surface area contributed by atoms with Gasteiger partial charge in [0.25, 0.3) is 0 Å². The van der Waals surface area contributed by atoms with Gasteiger partial charge in [0.2, 0.25) is 5.89 Å². The molecule has 0 saturated carbocycles. The molecule has 1 rings (SSSR count). The first-order valence-electron chi connectivity index (χ1n) is 10.1. The molecule has 0 amide bonds. The van der Waals surface area contributed by atoms with Crippen LogP contribution in [-0.2, 0) is 11.3 Å². The lowest BCUT2D eigenvalue weighted by atomic mass is 10.1. The van der Waals surface area contributed by atoms with Crippen LogP contribution in [0.15, 0.2) is 9.52 Å². The highest BCUT2D eigenvalue weighted by Crippen LogP contribution is 2.12. The zero-order chi connectivity index (χ0) is 19.0. The predicted octanol–water partition coefficient (Wildman–Crippen LogP) is 3.97. The molecular formula is C19H37N5O2. The molecule has 1 heterocycles. The molecule has 1 unspecified atom stereocenters. The molecule has 1 aromatic heterocycles. The van der Waals surface area contributed by atoms with Gasteiger partial charge in [-0.3, -0.25) is 4.99 Å². The number of guanidine groups is 1. The highest BCUT2D eigenvalue weighted by Gasteiger charge is 2.13. The van der Waals surface area contributed by atoms with Crippen LogP contribution in [-0.4, -0.2) is 36.3 Å². The van der Waals surface area contributed by atoms with Crippen LogP contribution in [0.2, 0.25) is 0 Å². The number of aromatic nitrogens is 2. The second kappa shape index (κ2) is 14.5. The Morgan fingerprint density at radius 2 is 1.77 bits per heavy atom. The second-order valence-electron chi connectivity index (χ2n) is 6.47. The van der Waals surface area contributed by atoms with E-state index in [2.05, 4.69) is 32.7 Å². The summed E-state index contributed by atoms with van der Waals surface area (Å²) in [6.45, 7) is 8.11. The summed E-state index contributed by atoms with van der Waals surface area (Å²) in [7, 11) is 1.76. The molecule has 0 fully saturated rings. The molecule has 0 spiro atoms. The third-order valence-electron chi connectivity index (χ3n) is 4.22. The third-order valence-corrected chi connectivity index (χ3v) is 4.22. The predicted molar refractivity (Wildman–Crippen MR) is 105 cm³/mol. The molecule has 1 atom stereocenters. The molecule has 7 nitrogen and oxygen atoms in total. The quantitative estimate of drug-likeness (QED) is 0.294. The summed E-state index contributed by atoms with van der Waals surface area (Å²) >= 11 is 0. The summed E-state index contributed by atoms with van der Waals surface area (Å²) in [5, 5.41) is 10.5. The summed E-state index contributed by atoms with van der Waals surface area (Å²) in [6, 6.07) is 0. The van der Waals surface area contributed by atoms with Crippen molar-refractivity contribution in [2.24, 2.45) is 4.99 Å². The summed E-state index contributed by atoms with van der Waals surface area (Å²) in [4.78, 5) is 8.56. The van der Waals surface area contributed by atoms with Gasteiger partial charge in [-0.1, -0.05) is 57.0 Å². The first-order chi connectivity index (χ1) is 12.7. The van der Waals surface area contributed by atoms with Crippen molar-refractivity contribution in [3.8, 4) is 0 Å². The van der Waals surface area contributed by atoms with Crippen molar-refractivity contribution >= 4 is 5.96 Å². The van der Waals surface area contributed by atoms with Crippen LogP contribution in [0.5, 0.6) is 0 Å². The smallest absolute Gasteiger partial charge is 0.246 e. The first kappa shape index (κ1) is 22.4. The fraction of sp³-hybridized carbons (Fsp3) is 0.842. The molecule has 0 aliphatic heterocycles. The number of aliphatic imine (C=N–C) groups is 1. The van der Waals surface area contributed by atoms with E-state index < -0.39 is 0 Å². The molecule has 2 N–H and O–H groups in total. The Balaban J connectivity index is 2.13. The molecule has 0 aliphatic rings. The number of ether oxygens (including phenoxy) is 1. The average Bonchev–Trinajstić information content (AvgIpc) is 3.12. The van der Waals surface area contributed by atoms with E-state index in [4.69, 9.17) is 9.26 Å². The van der Waals surface area contributed by atoms with E-state index in [0.29, 0.717) is 24.9 Å². The van der Waals surface area contributed by atoms with Crippen molar-refractivity contribution in [1.82, 2.24) is 20.8 Å². The Morgan fingerprint density at radius 1 is 1.08 bits per heavy atom. The average molecular weight is 368 g/mol. The van der Waals surface area contributed by atoms with Crippen LogP contribution in [0.25, 0.3) is 0 Å². The maximum atomic E-state index is 5.46. The molecular weight excluding hydrogens is 330 g/mol. The number of nitrogens with zero attached hydrogens (tertiary/aromatic N) is 3. The van der Waals surface area contributed by atoms with Crippen molar-refractivity contribution in [3.05, 3.63) is 11.7 Å². The summed E-state index contributed by atoms with van der Waals surface area (Å²) in [6.07, 6.45) is 10.4. The van der Waals surface area contributed by atoms with Crippen molar-refractivity contribution in [1.29, 1.82) is 0 Å². The fourth-order valence-electron chi connectivity index (χ4n) is 2.68. The van der Waals surface area contributed by atoms with Crippen molar-refractivity contribution in [2.45, 2.75) is 84.8 Å². The Morgan fingerprint density at radius 3 is 2.42 bits per heavy atom. The lowest BCUT2D eigenvalue weighted by Crippen LogP contribution is -2.37. The van der Waals surface area contributed by atoms with Crippen molar-refractivity contribution < 1.29 is 9.26 Å². The number of hydrogen-bond acceptors (Lipinski definition) is 5. The highest BCUT2D eigenvalue weighted by atomic mass is 16.5. The standard InChI is InChI=1S/C19H37N5O2/c1-5-7-8-9-10-11-12-13-14-21-19(20-4)22-15-17-23-18(24-26-17)16(3)25-6-2/h16H,5-15H2,1-4H3,(H2,20,21,22). The lowest BCUT2D eigenvalue weighted by Gasteiger charge is -2.10. The summed E-state index contributed by atoms with van der Waals surface area (Å²) in [5.74, 6) is 1.86. The van der Waals surface area contributed by atoms with E-state index in [-0.39, 0.29) is 6.10 Å². The highest BCUT2D eigenvalue weighted by molar-refractivity contribution is 5.79. The SMILES string of the molecule is CCCCCCCCCCNC(=NC)NCc1nc(C(C)OCC)no1. The third kappa shape index (κ3) is 9.75. The molecule has 150 valence electrons. The number of unbranched alkanes of at least 4 members (excludes halogenated alkanes) is 7. The molecule has 0 aromatic carbocycles. The zero-order valence-corrected chi connectivity index (χ0v) is 17.0. The zero-order valence-electron chi connectivity index (χ0n) is 17.0. The number of nitrogens with one attached hydrogen (secondary N) is 2.